The summed E-state index contributed by atoms with van der Waals surface area (Å²) in [6.45, 7) is 2.00. The third-order valence-corrected chi connectivity index (χ3v) is 2.77. The summed E-state index contributed by atoms with van der Waals surface area (Å²) in [7, 11) is 0. The van der Waals surface area contributed by atoms with Crippen LogP contribution in [0.1, 0.15) is 12.5 Å². The van der Waals surface area contributed by atoms with Crippen LogP contribution in [-0.2, 0) is 6.42 Å². The Kier molecular flexibility index (Phi) is 4.30. The Morgan fingerprint density at radius 2 is 1.90 bits per heavy atom. The van der Waals surface area contributed by atoms with E-state index in [0.29, 0.717) is 5.69 Å². The number of halogens is 2. The van der Waals surface area contributed by atoms with E-state index in [0.717, 1.165) is 30.2 Å². The molecule has 0 bridgehead atoms. The van der Waals surface area contributed by atoms with E-state index in [2.05, 4.69) is 10.6 Å². The highest BCUT2D eigenvalue weighted by atomic mass is 19.1. The van der Waals surface area contributed by atoms with Gasteiger partial charge in [-0.25, -0.2) is 13.6 Å². The summed E-state index contributed by atoms with van der Waals surface area (Å²) in [5.41, 5.74) is 1.47. The molecule has 0 atom stereocenters. The number of nitrogens with one attached hydrogen (secondary N) is 2. The third-order valence-electron chi connectivity index (χ3n) is 2.77. The maximum Gasteiger partial charge on any atom is 0.323 e. The zero-order valence-electron chi connectivity index (χ0n) is 10.9. The summed E-state index contributed by atoms with van der Waals surface area (Å²) >= 11 is 0. The van der Waals surface area contributed by atoms with Crippen molar-refractivity contribution >= 4 is 17.4 Å². The van der Waals surface area contributed by atoms with Crippen molar-refractivity contribution in [2.75, 3.05) is 10.6 Å². The molecular weight excluding hydrogens is 262 g/mol. The number of rotatable bonds is 3. The van der Waals surface area contributed by atoms with Crippen LogP contribution in [0.25, 0.3) is 0 Å². The van der Waals surface area contributed by atoms with Gasteiger partial charge in [-0.05, 0) is 36.2 Å². The van der Waals surface area contributed by atoms with Crippen LogP contribution in [0.2, 0.25) is 0 Å². The van der Waals surface area contributed by atoms with Crippen LogP contribution in [-0.4, -0.2) is 6.03 Å². The zero-order valence-corrected chi connectivity index (χ0v) is 10.9. The third kappa shape index (κ3) is 3.54. The lowest BCUT2D eigenvalue weighted by atomic mass is 10.1. The van der Waals surface area contributed by atoms with Crippen molar-refractivity contribution in [1.29, 1.82) is 0 Å². The van der Waals surface area contributed by atoms with Gasteiger partial charge in [0.1, 0.15) is 11.6 Å². The van der Waals surface area contributed by atoms with Crippen molar-refractivity contribution in [3.8, 4) is 0 Å². The summed E-state index contributed by atoms with van der Waals surface area (Å²) in [6, 6.07) is 9.56. The Labute approximate surface area is 115 Å². The van der Waals surface area contributed by atoms with E-state index in [-0.39, 0.29) is 5.69 Å². The van der Waals surface area contributed by atoms with Gasteiger partial charge in [0.25, 0.3) is 0 Å². The second-order valence-corrected chi connectivity index (χ2v) is 4.26. The molecule has 5 heteroatoms. The van der Waals surface area contributed by atoms with E-state index < -0.39 is 17.7 Å². The van der Waals surface area contributed by atoms with Crippen LogP contribution >= 0.6 is 0 Å². The number of anilines is 2. The molecule has 2 aromatic rings. The Balaban J connectivity index is 2.07. The fourth-order valence-corrected chi connectivity index (χ4v) is 1.75. The number of hydrogen-bond acceptors (Lipinski definition) is 1. The smallest absolute Gasteiger partial charge is 0.308 e. The van der Waals surface area contributed by atoms with Gasteiger partial charge in [-0.15, -0.1) is 0 Å². The van der Waals surface area contributed by atoms with Crippen LogP contribution in [0.5, 0.6) is 0 Å². The van der Waals surface area contributed by atoms with Crippen molar-refractivity contribution in [1.82, 2.24) is 0 Å². The van der Waals surface area contributed by atoms with E-state index in [1.807, 2.05) is 25.1 Å². The number of urea groups is 1. The Morgan fingerprint density at radius 3 is 2.65 bits per heavy atom. The molecule has 2 N–H and O–H groups in total. The first-order chi connectivity index (χ1) is 9.58. The van der Waals surface area contributed by atoms with Crippen LogP contribution in [0, 0.1) is 11.6 Å². The number of carbonyl (C=O) groups excluding carboxylic acids is 1. The van der Waals surface area contributed by atoms with Gasteiger partial charge < -0.3 is 10.6 Å². The molecule has 0 aliphatic rings. The van der Waals surface area contributed by atoms with Crippen molar-refractivity contribution < 1.29 is 13.6 Å². The quantitative estimate of drug-likeness (QED) is 0.867. The fraction of sp³-hybridized carbons (Fsp3) is 0.133. The predicted octanol–water partition coefficient (Wildman–Crippen LogP) is 4.17. The van der Waals surface area contributed by atoms with Gasteiger partial charge in [0, 0.05) is 11.8 Å². The highest BCUT2D eigenvalue weighted by Gasteiger charge is 2.08. The Morgan fingerprint density at radius 1 is 1.10 bits per heavy atom. The number of amides is 2. The normalized spacial score (nSPS) is 10.2. The van der Waals surface area contributed by atoms with Gasteiger partial charge >= 0.3 is 6.03 Å². The second kappa shape index (κ2) is 6.14. The molecular formula is C15H14F2N2O. The number of aryl methyl sites for hydroxylation is 1. The predicted molar refractivity (Wildman–Crippen MR) is 74.8 cm³/mol. The molecule has 0 radical (unpaired) electrons. The van der Waals surface area contributed by atoms with Crippen molar-refractivity contribution in [2.24, 2.45) is 0 Å². The Hall–Kier alpha value is -2.43. The molecule has 0 unspecified atom stereocenters. The molecule has 0 saturated carbocycles. The molecule has 2 aromatic carbocycles. The summed E-state index contributed by atoms with van der Waals surface area (Å²) < 4.78 is 26.4. The number of hydrogen-bond donors (Lipinski definition) is 2. The summed E-state index contributed by atoms with van der Waals surface area (Å²) in [5.74, 6) is -1.31. The molecule has 2 rings (SSSR count). The average molecular weight is 276 g/mol. The van der Waals surface area contributed by atoms with Crippen molar-refractivity contribution in [3.05, 3.63) is 59.7 Å². The maximum atomic E-state index is 13.4. The Bertz CT molecular complexity index is 629. The minimum atomic E-state index is -0.691. The minimum absolute atomic E-state index is 0.200. The van der Waals surface area contributed by atoms with Gasteiger partial charge in [-0.2, -0.15) is 0 Å². The van der Waals surface area contributed by atoms with Gasteiger partial charge in [0.2, 0.25) is 0 Å². The van der Waals surface area contributed by atoms with Crippen LogP contribution < -0.4 is 10.6 Å². The first kappa shape index (κ1) is 14.0. The molecule has 0 spiro atoms. The van der Waals surface area contributed by atoms with Gasteiger partial charge in [-0.1, -0.05) is 19.1 Å². The van der Waals surface area contributed by atoms with Crippen LogP contribution in [0.3, 0.4) is 0 Å². The first-order valence-corrected chi connectivity index (χ1v) is 6.20. The highest BCUT2D eigenvalue weighted by Crippen LogP contribution is 2.16. The molecule has 0 fully saturated rings. The molecule has 20 heavy (non-hydrogen) atoms. The summed E-state index contributed by atoms with van der Waals surface area (Å²) in [4.78, 5) is 11.7. The van der Waals surface area contributed by atoms with Crippen molar-refractivity contribution in [3.63, 3.8) is 0 Å². The van der Waals surface area contributed by atoms with E-state index in [1.54, 1.807) is 6.07 Å². The fourth-order valence-electron chi connectivity index (χ4n) is 1.75. The SMILES string of the molecule is CCc1cccc(NC(=O)Nc2cc(F)ccc2F)c1. The molecule has 0 heterocycles. The molecule has 2 amide bonds. The minimum Gasteiger partial charge on any atom is -0.308 e. The summed E-state index contributed by atoms with van der Waals surface area (Å²) in [5, 5.41) is 4.84. The summed E-state index contributed by atoms with van der Waals surface area (Å²) in [6.07, 6.45) is 0.843. The molecule has 0 aromatic heterocycles. The standard InChI is InChI=1S/C15H14F2N2O/c1-2-10-4-3-5-12(8-10)18-15(20)19-14-9-11(16)6-7-13(14)17/h3-9H,2H2,1H3,(H2,18,19,20). The van der Waals surface area contributed by atoms with Gasteiger partial charge in [-0.3, -0.25) is 0 Å². The van der Waals surface area contributed by atoms with E-state index in [4.69, 9.17) is 0 Å². The molecule has 0 aliphatic carbocycles. The number of benzene rings is 2. The second-order valence-electron chi connectivity index (χ2n) is 4.26. The monoisotopic (exact) mass is 276 g/mol. The van der Waals surface area contributed by atoms with Crippen LogP contribution in [0.15, 0.2) is 42.5 Å². The van der Waals surface area contributed by atoms with E-state index in [1.165, 1.54) is 0 Å². The topological polar surface area (TPSA) is 41.1 Å². The lowest BCUT2D eigenvalue weighted by Crippen LogP contribution is -2.20. The van der Waals surface area contributed by atoms with E-state index in [9.17, 15) is 13.6 Å². The lowest BCUT2D eigenvalue weighted by molar-refractivity contribution is 0.262. The van der Waals surface area contributed by atoms with Crippen LogP contribution in [0.4, 0.5) is 25.0 Å². The highest BCUT2D eigenvalue weighted by molar-refractivity contribution is 5.99. The molecule has 0 saturated heterocycles. The molecule has 3 nitrogen and oxygen atoms in total. The van der Waals surface area contributed by atoms with Crippen molar-refractivity contribution in [2.45, 2.75) is 13.3 Å². The molecule has 104 valence electrons. The van der Waals surface area contributed by atoms with Gasteiger partial charge in [0.15, 0.2) is 0 Å². The number of carbonyl (C=O) groups is 1. The zero-order chi connectivity index (χ0) is 14.5. The lowest BCUT2D eigenvalue weighted by Gasteiger charge is -2.09. The average Bonchev–Trinajstić information content (AvgIpc) is 2.43. The van der Waals surface area contributed by atoms with E-state index >= 15 is 0 Å². The maximum absolute atomic E-state index is 13.4. The largest absolute Gasteiger partial charge is 0.323 e. The van der Waals surface area contributed by atoms with Gasteiger partial charge in [0.05, 0.1) is 5.69 Å². The first-order valence-electron chi connectivity index (χ1n) is 6.20. The molecule has 0 aliphatic heterocycles.